The van der Waals surface area contributed by atoms with Crippen LogP contribution in [0.15, 0.2) is 36.4 Å². The molecule has 192 valence electrons. The van der Waals surface area contributed by atoms with Gasteiger partial charge in [-0.15, -0.1) is 13.2 Å². The Labute approximate surface area is 202 Å². The number of anilines is 1. The molecule has 4 amide bonds. The second-order valence-electron chi connectivity index (χ2n) is 7.86. The molecule has 0 spiro atoms. The normalized spacial score (nSPS) is 13.6. The van der Waals surface area contributed by atoms with Crippen LogP contribution in [0.4, 0.5) is 28.0 Å². The molecule has 0 bridgehead atoms. The highest BCUT2D eigenvalue weighted by molar-refractivity contribution is 5.98. The summed E-state index contributed by atoms with van der Waals surface area (Å²) < 4.78 is 59.8. The molecule has 0 radical (unpaired) electrons. The van der Waals surface area contributed by atoms with Crippen molar-refractivity contribution in [1.29, 1.82) is 0 Å². The van der Waals surface area contributed by atoms with E-state index < -0.39 is 35.6 Å². The lowest BCUT2D eigenvalue weighted by Crippen LogP contribution is -2.34. The van der Waals surface area contributed by atoms with E-state index in [-0.39, 0.29) is 25.0 Å². The van der Waals surface area contributed by atoms with Crippen molar-refractivity contribution in [2.24, 2.45) is 0 Å². The van der Waals surface area contributed by atoms with E-state index in [1.165, 1.54) is 6.07 Å². The summed E-state index contributed by atoms with van der Waals surface area (Å²) in [6.07, 6.45) is -5.53. The van der Waals surface area contributed by atoms with Crippen LogP contribution in [-0.4, -0.2) is 41.6 Å². The van der Waals surface area contributed by atoms with Crippen LogP contribution in [0.25, 0.3) is 0 Å². The van der Waals surface area contributed by atoms with Gasteiger partial charge in [-0.05, 0) is 42.7 Å². The largest absolute Gasteiger partial charge is 0.573 e. The van der Waals surface area contributed by atoms with E-state index >= 15 is 0 Å². The van der Waals surface area contributed by atoms with Crippen LogP contribution in [0, 0.1) is 5.82 Å². The van der Waals surface area contributed by atoms with Crippen molar-refractivity contribution in [2.75, 3.05) is 5.32 Å². The van der Waals surface area contributed by atoms with Crippen molar-refractivity contribution >= 4 is 30.0 Å². The molecule has 2 aromatic carbocycles. The minimum atomic E-state index is -5.11. The number of hydrogen-bond acceptors (Lipinski definition) is 6. The number of rotatable bonds is 9. The summed E-state index contributed by atoms with van der Waals surface area (Å²) in [7, 11) is 0. The van der Waals surface area contributed by atoms with E-state index in [0.717, 1.165) is 23.8 Å². The topological polar surface area (TPSA) is 114 Å². The number of halogens is 4. The number of nitrogens with zero attached hydrogens (tertiary/aromatic N) is 1. The summed E-state index contributed by atoms with van der Waals surface area (Å²) in [6.45, 7) is 1.80. The van der Waals surface area contributed by atoms with E-state index in [1.807, 2.05) is 10.6 Å². The van der Waals surface area contributed by atoms with Gasteiger partial charge in [0.1, 0.15) is 6.61 Å². The van der Waals surface area contributed by atoms with Crippen LogP contribution in [0.2, 0.25) is 0 Å². The molecule has 0 saturated heterocycles. The number of amides is 4. The Balaban J connectivity index is 1.58. The van der Waals surface area contributed by atoms with Crippen molar-refractivity contribution in [2.45, 2.75) is 45.3 Å². The maximum Gasteiger partial charge on any atom is 0.573 e. The predicted molar refractivity (Wildman–Crippen MR) is 116 cm³/mol. The first kappa shape index (κ1) is 26.4. The SMILES string of the molecule is CC(CCC(=O)NC=O)N1Cc2ccc(COC(=O)Nc3cccc(OC(F)(F)F)c3F)cc2C1=O. The average molecular weight is 511 g/mol. The second-order valence-corrected chi connectivity index (χ2v) is 7.86. The third-order valence-corrected chi connectivity index (χ3v) is 5.34. The molecular weight excluding hydrogens is 490 g/mol. The first-order chi connectivity index (χ1) is 17.0. The van der Waals surface area contributed by atoms with Gasteiger partial charge >= 0.3 is 12.5 Å². The lowest BCUT2D eigenvalue weighted by atomic mass is 10.1. The molecule has 13 heteroatoms. The highest BCUT2D eigenvalue weighted by Crippen LogP contribution is 2.30. The van der Waals surface area contributed by atoms with Crippen LogP contribution in [0.1, 0.15) is 41.3 Å². The number of imide groups is 1. The van der Waals surface area contributed by atoms with Gasteiger partial charge < -0.3 is 14.4 Å². The molecule has 0 aliphatic carbocycles. The number of ether oxygens (including phenoxy) is 2. The van der Waals surface area contributed by atoms with Crippen LogP contribution in [-0.2, 0) is 27.5 Å². The Bertz CT molecular complexity index is 1170. The Morgan fingerprint density at radius 1 is 1.22 bits per heavy atom. The molecule has 3 rings (SSSR count). The number of hydrogen-bond donors (Lipinski definition) is 2. The molecule has 36 heavy (non-hydrogen) atoms. The Morgan fingerprint density at radius 2 is 1.97 bits per heavy atom. The summed E-state index contributed by atoms with van der Waals surface area (Å²) in [6, 6.07) is 7.43. The van der Waals surface area contributed by atoms with Crippen molar-refractivity contribution in [1.82, 2.24) is 10.2 Å². The zero-order chi connectivity index (χ0) is 26.5. The zero-order valence-electron chi connectivity index (χ0n) is 18.9. The molecule has 0 fully saturated rings. The highest BCUT2D eigenvalue weighted by atomic mass is 19.4. The van der Waals surface area contributed by atoms with Gasteiger partial charge in [0.25, 0.3) is 5.91 Å². The molecular formula is C23H21F4N3O6. The van der Waals surface area contributed by atoms with E-state index in [2.05, 4.69) is 4.74 Å². The average Bonchev–Trinajstić information content (AvgIpc) is 3.14. The fourth-order valence-electron chi connectivity index (χ4n) is 3.56. The lowest BCUT2D eigenvalue weighted by molar-refractivity contribution is -0.275. The van der Waals surface area contributed by atoms with E-state index in [1.54, 1.807) is 24.0 Å². The quantitative estimate of drug-likeness (QED) is 0.390. The van der Waals surface area contributed by atoms with Crippen LogP contribution in [0.3, 0.4) is 0 Å². The fourth-order valence-corrected chi connectivity index (χ4v) is 3.56. The Hall–Kier alpha value is -4.16. The van der Waals surface area contributed by atoms with Crippen LogP contribution >= 0.6 is 0 Å². The van der Waals surface area contributed by atoms with Gasteiger partial charge in [0.15, 0.2) is 11.6 Å². The summed E-state index contributed by atoms with van der Waals surface area (Å²) in [5.41, 5.74) is 1.01. The molecule has 2 aromatic rings. The molecule has 2 N–H and O–H groups in total. The van der Waals surface area contributed by atoms with Gasteiger partial charge in [-0.2, -0.15) is 0 Å². The summed E-state index contributed by atoms with van der Waals surface area (Å²) in [5, 5.41) is 4.05. The molecule has 1 atom stereocenters. The van der Waals surface area contributed by atoms with Crippen LogP contribution < -0.4 is 15.4 Å². The van der Waals surface area contributed by atoms with Gasteiger partial charge in [-0.25, -0.2) is 9.18 Å². The molecule has 1 unspecified atom stereocenters. The monoisotopic (exact) mass is 511 g/mol. The number of carbonyl (C=O) groups is 4. The molecule has 0 aromatic heterocycles. The van der Waals surface area contributed by atoms with Gasteiger partial charge in [-0.3, -0.25) is 25.0 Å². The minimum Gasteiger partial charge on any atom is -0.444 e. The predicted octanol–water partition coefficient (Wildman–Crippen LogP) is 3.87. The number of benzene rings is 2. The highest BCUT2D eigenvalue weighted by Gasteiger charge is 2.33. The first-order valence-corrected chi connectivity index (χ1v) is 10.6. The molecule has 9 nitrogen and oxygen atoms in total. The smallest absolute Gasteiger partial charge is 0.444 e. The number of carbonyl (C=O) groups excluding carboxylic acids is 4. The number of fused-ring (bicyclic) bond motifs is 1. The maximum atomic E-state index is 14.2. The second kappa shape index (κ2) is 11.1. The summed E-state index contributed by atoms with van der Waals surface area (Å²) in [5.74, 6) is -3.25. The van der Waals surface area contributed by atoms with Crippen molar-refractivity contribution in [3.05, 3.63) is 58.9 Å². The standard InChI is InChI=1S/C23H21F4N3O6/c1-13(5-8-19(32)28-12-31)30-10-15-7-6-14(9-16(15)21(30)33)11-35-22(34)29-17-3-2-4-18(20(17)24)36-23(25,26)27/h2-4,6-7,9,12-13H,5,8,10-11H2,1H3,(H,29,34)(H,28,31,32). The molecule has 1 heterocycles. The van der Waals surface area contributed by atoms with Gasteiger partial charge in [0.05, 0.1) is 5.69 Å². The van der Waals surface area contributed by atoms with E-state index in [4.69, 9.17) is 4.74 Å². The van der Waals surface area contributed by atoms with Crippen molar-refractivity contribution in [3.8, 4) is 5.75 Å². The van der Waals surface area contributed by atoms with E-state index in [9.17, 15) is 36.7 Å². The number of nitrogens with one attached hydrogen (secondary N) is 2. The van der Waals surface area contributed by atoms with Gasteiger partial charge in [0, 0.05) is 24.6 Å². The zero-order valence-corrected chi connectivity index (χ0v) is 18.9. The Kier molecular flexibility index (Phi) is 8.12. The fraction of sp³-hybridized carbons (Fsp3) is 0.304. The summed E-state index contributed by atoms with van der Waals surface area (Å²) >= 11 is 0. The van der Waals surface area contributed by atoms with Crippen LogP contribution in [0.5, 0.6) is 5.75 Å². The molecule has 1 aliphatic heterocycles. The van der Waals surface area contributed by atoms with Crippen molar-refractivity contribution < 1.29 is 46.2 Å². The van der Waals surface area contributed by atoms with Gasteiger partial charge in [0.2, 0.25) is 12.3 Å². The summed E-state index contributed by atoms with van der Waals surface area (Å²) in [4.78, 5) is 48.3. The maximum absolute atomic E-state index is 14.2. The lowest BCUT2D eigenvalue weighted by Gasteiger charge is -2.23. The van der Waals surface area contributed by atoms with Crippen molar-refractivity contribution in [3.63, 3.8) is 0 Å². The third-order valence-electron chi connectivity index (χ3n) is 5.34. The number of alkyl halides is 3. The third kappa shape index (κ3) is 6.71. The first-order valence-electron chi connectivity index (χ1n) is 10.6. The minimum absolute atomic E-state index is 0.0695. The molecule has 1 aliphatic rings. The van der Waals surface area contributed by atoms with E-state index in [0.29, 0.717) is 30.5 Å². The molecule has 0 saturated carbocycles. The van der Waals surface area contributed by atoms with Gasteiger partial charge in [-0.1, -0.05) is 18.2 Å². The Morgan fingerprint density at radius 3 is 2.67 bits per heavy atom.